The van der Waals surface area contributed by atoms with Crippen LogP contribution in [0.15, 0.2) is 0 Å². The van der Waals surface area contributed by atoms with Crippen LogP contribution in [0.4, 0.5) is 0 Å². The minimum absolute atomic E-state index is 0.942. The number of hydrogen-bond donors (Lipinski definition) is 0. The molecule has 0 aromatic carbocycles. The van der Waals surface area contributed by atoms with Gasteiger partial charge < -0.3 is 0 Å². The molecule has 19 heavy (non-hydrogen) atoms. The molecule has 1 aliphatic carbocycles. The van der Waals surface area contributed by atoms with Crippen molar-refractivity contribution in [2.45, 2.75) is 86.5 Å². The SMILES string of the molecule is CCCCC(C)CCC(CC)C(C)C1C(C)CC1C. The van der Waals surface area contributed by atoms with Crippen LogP contribution in [0.25, 0.3) is 0 Å². The van der Waals surface area contributed by atoms with Crippen molar-refractivity contribution in [2.75, 3.05) is 0 Å². The smallest absolute Gasteiger partial charge is 0.0334 e. The Hall–Kier alpha value is 0. The molecule has 0 aromatic heterocycles. The van der Waals surface area contributed by atoms with Gasteiger partial charge in [-0.1, -0.05) is 73.6 Å². The zero-order valence-corrected chi connectivity index (χ0v) is 14.4. The summed E-state index contributed by atoms with van der Waals surface area (Å²) in [4.78, 5) is 0. The molecule has 1 saturated carbocycles. The molecule has 0 nitrogen and oxygen atoms in total. The first-order valence-corrected chi connectivity index (χ1v) is 9.01. The summed E-state index contributed by atoms with van der Waals surface area (Å²) in [6, 6.07) is 0. The molecule has 0 heteroatoms. The van der Waals surface area contributed by atoms with Gasteiger partial charge in [-0.05, 0) is 48.3 Å². The largest absolute Gasteiger partial charge is 0.0654 e. The van der Waals surface area contributed by atoms with Gasteiger partial charge >= 0.3 is 0 Å². The molecule has 0 amide bonds. The lowest BCUT2D eigenvalue weighted by Gasteiger charge is -2.47. The van der Waals surface area contributed by atoms with Gasteiger partial charge in [0.15, 0.2) is 0 Å². The van der Waals surface area contributed by atoms with Crippen LogP contribution in [-0.2, 0) is 0 Å². The molecule has 0 bridgehead atoms. The van der Waals surface area contributed by atoms with Crippen LogP contribution in [0.1, 0.15) is 86.5 Å². The molecule has 0 N–H and O–H groups in total. The highest BCUT2D eigenvalue weighted by molar-refractivity contribution is 4.89. The molecular weight excluding hydrogens is 228 g/mol. The van der Waals surface area contributed by atoms with Crippen molar-refractivity contribution in [1.82, 2.24) is 0 Å². The van der Waals surface area contributed by atoms with Crippen molar-refractivity contribution in [3.63, 3.8) is 0 Å². The summed E-state index contributed by atoms with van der Waals surface area (Å²) in [5.74, 6) is 5.84. The van der Waals surface area contributed by atoms with Gasteiger partial charge in [0.1, 0.15) is 0 Å². The van der Waals surface area contributed by atoms with E-state index in [1.807, 2.05) is 0 Å². The first-order chi connectivity index (χ1) is 9.01. The zero-order chi connectivity index (χ0) is 14.4. The maximum Gasteiger partial charge on any atom is -0.0334 e. The fourth-order valence-corrected chi connectivity index (χ4v) is 4.65. The molecule has 0 heterocycles. The third-order valence-corrected chi connectivity index (χ3v) is 6.01. The van der Waals surface area contributed by atoms with Gasteiger partial charge in [0.2, 0.25) is 0 Å². The van der Waals surface area contributed by atoms with Crippen LogP contribution in [0.2, 0.25) is 0 Å². The van der Waals surface area contributed by atoms with Gasteiger partial charge in [-0.3, -0.25) is 0 Å². The molecule has 0 aliphatic heterocycles. The summed E-state index contributed by atoms with van der Waals surface area (Å²) in [7, 11) is 0. The summed E-state index contributed by atoms with van der Waals surface area (Å²) in [5, 5.41) is 0. The molecule has 5 atom stereocenters. The fourth-order valence-electron chi connectivity index (χ4n) is 4.65. The van der Waals surface area contributed by atoms with Gasteiger partial charge in [-0.15, -0.1) is 0 Å². The van der Waals surface area contributed by atoms with E-state index in [9.17, 15) is 0 Å². The fraction of sp³-hybridized carbons (Fsp3) is 1.00. The Morgan fingerprint density at radius 3 is 2.05 bits per heavy atom. The van der Waals surface area contributed by atoms with Crippen molar-refractivity contribution in [1.29, 1.82) is 0 Å². The topological polar surface area (TPSA) is 0 Å². The predicted molar refractivity (Wildman–Crippen MR) is 87.3 cm³/mol. The third kappa shape index (κ3) is 4.80. The van der Waals surface area contributed by atoms with E-state index in [2.05, 4.69) is 41.5 Å². The molecule has 0 aromatic rings. The minimum atomic E-state index is 0.942. The van der Waals surface area contributed by atoms with Gasteiger partial charge in [0.05, 0.1) is 0 Å². The molecule has 0 saturated heterocycles. The predicted octanol–water partition coefficient (Wildman–Crippen LogP) is 6.55. The van der Waals surface area contributed by atoms with Gasteiger partial charge in [-0.25, -0.2) is 0 Å². The molecule has 0 radical (unpaired) electrons. The Morgan fingerprint density at radius 2 is 1.58 bits per heavy atom. The second kappa shape index (κ2) is 8.32. The Bertz CT molecular complexity index is 224. The summed E-state index contributed by atoms with van der Waals surface area (Å²) in [6.07, 6.45) is 10.0. The number of unbranched alkanes of at least 4 members (excludes halogenated alkanes) is 1. The molecule has 1 fully saturated rings. The Labute approximate surface area is 122 Å². The Balaban J connectivity index is 2.36. The average Bonchev–Trinajstić information content (AvgIpc) is 2.36. The van der Waals surface area contributed by atoms with E-state index in [1.54, 1.807) is 0 Å². The standard InChI is InChI=1S/C19H38/c1-7-9-10-14(3)11-12-18(8-2)17(6)19-15(4)13-16(19)5/h14-19H,7-13H2,1-6H3. The molecule has 1 rings (SSSR count). The van der Waals surface area contributed by atoms with Crippen LogP contribution in [0.5, 0.6) is 0 Å². The van der Waals surface area contributed by atoms with Crippen LogP contribution >= 0.6 is 0 Å². The summed E-state index contributed by atoms with van der Waals surface area (Å²) in [5.41, 5.74) is 0. The maximum absolute atomic E-state index is 2.54. The second-order valence-electron chi connectivity index (χ2n) is 7.62. The van der Waals surface area contributed by atoms with Crippen LogP contribution in [0.3, 0.4) is 0 Å². The van der Waals surface area contributed by atoms with Crippen molar-refractivity contribution < 1.29 is 0 Å². The van der Waals surface area contributed by atoms with E-state index >= 15 is 0 Å². The quantitative estimate of drug-likeness (QED) is 0.444. The van der Waals surface area contributed by atoms with E-state index in [4.69, 9.17) is 0 Å². The summed E-state index contributed by atoms with van der Waals surface area (Å²) < 4.78 is 0. The van der Waals surface area contributed by atoms with Crippen LogP contribution < -0.4 is 0 Å². The normalized spacial score (nSPS) is 31.6. The molecular formula is C19H38. The molecule has 0 spiro atoms. The monoisotopic (exact) mass is 266 g/mol. The third-order valence-electron chi connectivity index (χ3n) is 6.01. The maximum atomic E-state index is 2.54. The second-order valence-corrected chi connectivity index (χ2v) is 7.62. The van der Waals surface area contributed by atoms with Crippen molar-refractivity contribution in [3.8, 4) is 0 Å². The van der Waals surface area contributed by atoms with Crippen molar-refractivity contribution in [2.24, 2.45) is 35.5 Å². The van der Waals surface area contributed by atoms with Crippen molar-refractivity contribution >= 4 is 0 Å². The van der Waals surface area contributed by atoms with Crippen molar-refractivity contribution in [3.05, 3.63) is 0 Å². The lowest BCUT2D eigenvalue weighted by atomic mass is 9.58. The Kier molecular flexibility index (Phi) is 7.47. The highest BCUT2D eigenvalue weighted by Crippen LogP contribution is 2.48. The van der Waals surface area contributed by atoms with Crippen LogP contribution in [0, 0.1) is 35.5 Å². The zero-order valence-electron chi connectivity index (χ0n) is 14.4. The minimum Gasteiger partial charge on any atom is -0.0654 e. The van der Waals surface area contributed by atoms with Gasteiger partial charge in [-0.2, -0.15) is 0 Å². The van der Waals surface area contributed by atoms with Gasteiger partial charge in [0.25, 0.3) is 0 Å². The molecule has 5 unspecified atom stereocenters. The van der Waals surface area contributed by atoms with E-state index in [0.717, 1.165) is 35.5 Å². The first-order valence-electron chi connectivity index (χ1n) is 9.01. The summed E-state index contributed by atoms with van der Waals surface area (Å²) in [6.45, 7) is 14.7. The lowest BCUT2D eigenvalue weighted by Crippen LogP contribution is -2.40. The molecule has 114 valence electrons. The highest BCUT2D eigenvalue weighted by Gasteiger charge is 2.40. The summed E-state index contributed by atoms with van der Waals surface area (Å²) >= 11 is 0. The number of rotatable bonds is 9. The van der Waals surface area contributed by atoms with Crippen LogP contribution in [-0.4, -0.2) is 0 Å². The van der Waals surface area contributed by atoms with E-state index in [1.165, 1.54) is 44.9 Å². The van der Waals surface area contributed by atoms with E-state index < -0.39 is 0 Å². The van der Waals surface area contributed by atoms with E-state index in [0.29, 0.717) is 0 Å². The number of hydrogen-bond acceptors (Lipinski definition) is 0. The Morgan fingerprint density at radius 1 is 0.947 bits per heavy atom. The first kappa shape index (κ1) is 17.1. The average molecular weight is 267 g/mol. The lowest BCUT2D eigenvalue weighted by molar-refractivity contribution is 0.0181. The highest BCUT2D eigenvalue weighted by atomic mass is 14.5. The van der Waals surface area contributed by atoms with E-state index in [-0.39, 0.29) is 0 Å². The molecule has 1 aliphatic rings. The van der Waals surface area contributed by atoms with Gasteiger partial charge in [0, 0.05) is 0 Å².